The summed E-state index contributed by atoms with van der Waals surface area (Å²) < 4.78 is 2.01. The van der Waals surface area contributed by atoms with Crippen LogP contribution in [-0.4, -0.2) is 40.9 Å². The maximum atomic E-state index is 4.35. The molecule has 1 aromatic rings. The quantitative estimate of drug-likeness (QED) is 0.834. The number of hydrogen-bond acceptors (Lipinski definition) is 3. The van der Waals surface area contributed by atoms with E-state index in [2.05, 4.69) is 35.4 Å². The minimum absolute atomic E-state index is 0.819. The fourth-order valence-corrected chi connectivity index (χ4v) is 2.67. The van der Waals surface area contributed by atoms with Crippen molar-refractivity contribution in [2.75, 3.05) is 26.2 Å². The van der Waals surface area contributed by atoms with Gasteiger partial charge in [-0.2, -0.15) is 5.10 Å². The van der Waals surface area contributed by atoms with Crippen LogP contribution in [0.5, 0.6) is 0 Å². The lowest BCUT2D eigenvalue weighted by Gasteiger charge is -2.29. The van der Waals surface area contributed by atoms with Crippen molar-refractivity contribution in [1.29, 1.82) is 0 Å². The molecule has 2 rings (SSSR count). The average Bonchev–Trinajstić information content (AvgIpc) is 2.87. The van der Waals surface area contributed by atoms with Crippen molar-refractivity contribution in [3.05, 3.63) is 18.0 Å². The lowest BCUT2D eigenvalue weighted by molar-refractivity contribution is 0.209. The minimum Gasteiger partial charge on any atom is -0.316 e. The first-order chi connectivity index (χ1) is 8.81. The van der Waals surface area contributed by atoms with Crippen molar-refractivity contribution < 1.29 is 0 Å². The number of piperidine rings is 1. The van der Waals surface area contributed by atoms with Gasteiger partial charge in [0.15, 0.2) is 0 Å². The molecule has 1 N–H and O–H groups in total. The molecular weight excluding hydrogens is 224 g/mol. The molecule has 1 aliphatic rings. The van der Waals surface area contributed by atoms with E-state index in [-0.39, 0.29) is 0 Å². The molecule has 0 amide bonds. The molecular formula is C14H26N4. The molecule has 0 radical (unpaired) electrons. The summed E-state index contributed by atoms with van der Waals surface area (Å²) in [6.45, 7) is 11.1. The smallest absolute Gasteiger partial charge is 0.0534 e. The Hall–Kier alpha value is -0.870. The molecule has 1 aliphatic heterocycles. The number of nitrogens with zero attached hydrogens (tertiary/aromatic N) is 3. The predicted octanol–water partition coefficient (Wildman–Crippen LogP) is 1.72. The van der Waals surface area contributed by atoms with Gasteiger partial charge >= 0.3 is 0 Å². The summed E-state index contributed by atoms with van der Waals surface area (Å²) in [6.07, 6.45) is 6.88. The molecule has 0 spiro atoms. The topological polar surface area (TPSA) is 33.1 Å². The van der Waals surface area contributed by atoms with Crippen molar-refractivity contribution in [1.82, 2.24) is 20.0 Å². The highest BCUT2D eigenvalue weighted by molar-refractivity contribution is 5.03. The monoisotopic (exact) mass is 250 g/mol. The molecule has 4 nitrogen and oxygen atoms in total. The summed E-state index contributed by atoms with van der Waals surface area (Å²) in [7, 11) is 0. The van der Waals surface area contributed by atoms with E-state index in [1.807, 2.05) is 10.9 Å². The number of nitrogens with one attached hydrogen (secondary N) is 1. The molecule has 18 heavy (non-hydrogen) atoms. The van der Waals surface area contributed by atoms with Gasteiger partial charge in [-0.3, -0.25) is 9.58 Å². The lowest BCUT2D eigenvalue weighted by Crippen LogP contribution is -2.38. The highest BCUT2D eigenvalue weighted by Crippen LogP contribution is 2.13. The van der Waals surface area contributed by atoms with Gasteiger partial charge < -0.3 is 5.32 Å². The van der Waals surface area contributed by atoms with Gasteiger partial charge in [0, 0.05) is 31.4 Å². The van der Waals surface area contributed by atoms with Crippen molar-refractivity contribution in [2.45, 2.75) is 39.8 Å². The van der Waals surface area contributed by atoms with Crippen LogP contribution in [0, 0.1) is 5.92 Å². The molecule has 0 unspecified atom stereocenters. The van der Waals surface area contributed by atoms with Crippen LogP contribution in [0.1, 0.15) is 32.3 Å². The third-order valence-electron chi connectivity index (χ3n) is 3.78. The fourth-order valence-electron chi connectivity index (χ4n) is 2.67. The fraction of sp³-hybridized carbons (Fsp3) is 0.786. The standard InChI is InChI=1S/C14H26N4/c1-3-17(10-13-6-5-7-15-8-13)11-14-9-16-18(4-2)12-14/h9,12-13,15H,3-8,10-11H2,1-2H3/t13-/m0/s1. The maximum Gasteiger partial charge on any atom is 0.0534 e. The molecule has 0 bridgehead atoms. The van der Waals surface area contributed by atoms with Gasteiger partial charge in [0.05, 0.1) is 6.20 Å². The summed E-state index contributed by atoms with van der Waals surface area (Å²) in [5.74, 6) is 0.819. The molecule has 2 heterocycles. The van der Waals surface area contributed by atoms with E-state index in [9.17, 15) is 0 Å². The Morgan fingerprint density at radius 3 is 3.00 bits per heavy atom. The predicted molar refractivity (Wildman–Crippen MR) is 74.4 cm³/mol. The lowest BCUT2D eigenvalue weighted by atomic mass is 9.99. The highest BCUT2D eigenvalue weighted by atomic mass is 15.3. The van der Waals surface area contributed by atoms with Gasteiger partial charge in [-0.15, -0.1) is 0 Å². The van der Waals surface area contributed by atoms with E-state index < -0.39 is 0 Å². The number of rotatable bonds is 6. The normalized spacial score (nSPS) is 20.5. The summed E-state index contributed by atoms with van der Waals surface area (Å²) in [5, 5.41) is 7.84. The maximum absolute atomic E-state index is 4.35. The van der Waals surface area contributed by atoms with Crippen molar-refractivity contribution in [3.63, 3.8) is 0 Å². The number of hydrogen-bond donors (Lipinski definition) is 1. The van der Waals surface area contributed by atoms with Gasteiger partial charge in [0.1, 0.15) is 0 Å². The molecule has 4 heteroatoms. The van der Waals surface area contributed by atoms with Crippen LogP contribution < -0.4 is 5.32 Å². The second kappa shape index (κ2) is 6.90. The molecule has 1 aromatic heterocycles. The Balaban J connectivity index is 1.84. The van der Waals surface area contributed by atoms with Crippen LogP contribution in [0.2, 0.25) is 0 Å². The average molecular weight is 250 g/mol. The summed E-state index contributed by atoms with van der Waals surface area (Å²) in [6, 6.07) is 0. The Labute approximate surface area is 110 Å². The zero-order chi connectivity index (χ0) is 12.8. The third kappa shape index (κ3) is 3.82. The summed E-state index contributed by atoms with van der Waals surface area (Å²) in [5.41, 5.74) is 1.34. The largest absolute Gasteiger partial charge is 0.316 e. The summed E-state index contributed by atoms with van der Waals surface area (Å²) >= 11 is 0. The van der Waals surface area contributed by atoms with E-state index >= 15 is 0 Å². The van der Waals surface area contributed by atoms with Crippen LogP contribution in [0.15, 0.2) is 12.4 Å². The first kappa shape index (κ1) is 13.6. The molecule has 0 aromatic carbocycles. The van der Waals surface area contributed by atoms with Crippen LogP contribution in [0.25, 0.3) is 0 Å². The van der Waals surface area contributed by atoms with Gasteiger partial charge in [-0.05, 0) is 45.3 Å². The van der Waals surface area contributed by atoms with Crippen molar-refractivity contribution >= 4 is 0 Å². The SMILES string of the molecule is CCN(Cc1cnn(CC)c1)C[C@H]1CCCNC1. The third-order valence-corrected chi connectivity index (χ3v) is 3.78. The van der Waals surface area contributed by atoms with Gasteiger partial charge in [-0.25, -0.2) is 0 Å². The number of aromatic nitrogens is 2. The van der Waals surface area contributed by atoms with Crippen LogP contribution in [0.4, 0.5) is 0 Å². The van der Waals surface area contributed by atoms with Gasteiger partial charge in [0.25, 0.3) is 0 Å². The first-order valence-electron chi connectivity index (χ1n) is 7.26. The molecule has 1 saturated heterocycles. The van der Waals surface area contributed by atoms with Crippen LogP contribution in [-0.2, 0) is 13.1 Å². The Kier molecular flexibility index (Phi) is 5.20. The second-order valence-electron chi connectivity index (χ2n) is 5.24. The van der Waals surface area contributed by atoms with E-state index in [4.69, 9.17) is 0 Å². The van der Waals surface area contributed by atoms with Crippen molar-refractivity contribution in [3.8, 4) is 0 Å². The number of aryl methyl sites for hydroxylation is 1. The van der Waals surface area contributed by atoms with E-state index in [0.717, 1.165) is 25.6 Å². The molecule has 102 valence electrons. The molecule has 1 atom stereocenters. The van der Waals surface area contributed by atoms with E-state index in [1.54, 1.807) is 0 Å². The minimum atomic E-state index is 0.819. The first-order valence-corrected chi connectivity index (χ1v) is 7.26. The van der Waals surface area contributed by atoms with E-state index in [1.165, 1.54) is 38.0 Å². The zero-order valence-electron chi connectivity index (χ0n) is 11.7. The van der Waals surface area contributed by atoms with Gasteiger partial charge in [0.2, 0.25) is 0 Å². The van der Waals surface area contributed by atoms with Gasteiger partial charge in [-0.1, -0.05) is 6.92 Å². The highest BCUT2D eigenvalue weighted by Gasteiger charge is 2.16. The Morgan fingerprint density at radius 1 is 1.50 bits per heavy atom. The molecule has 0 aliphatic carbocycles. The zero-order valence-corrected chi connectivity index (χ0v) is 11.7. The summed E-state index contributed by atoms with van der Waals surface area (Å²) in [4.78, 5) is 2.54. The molecule has 0 saturated carbocycles. The second-order valence-corrected chi connectivity index (χ2v) is 5.24. The Morgan fingerprint density at radius 2 is 2.39 bits per heavy atom. The van der Waals surface area contributed by atoms with E-state index in [0.29, 0.717) is 0 Å². The van der Waals surface area contributed by atoms with Crippen LogP contribution >= 0.6 is 0 Å². The Bertz CT molecular complexity index is 341. The van der Waals surface area contributed by atoms with Crippen LogP contribution in [0.3, 0.4) is 0 Å². The molecule has 1 fully saturated rings. The van der Waals surface area contributed by atoms with Crippen molar-refractivity contribution in [2.24, 2.45) is 5.92 Å².